The molecule has 1 aromatic rings. The van der Waals surface area contributed by atoms with Crippen molar-refractivity contribution in [1.82, 2.24) is 4.98 Å². The molecule has 1 fully saturated rings. The molecular formula is C10H12INO7S. The Morgan fingerprint density at radius 1 is 1.40 bits per heavy atom. The molecule has 2 rings (SSSR count). The zero-order chi connectivity index (χ0) is 14.9. The summed E-state index contributed by atoms with van der Waals surface area (Å²) in [6.45, 7) is -0.542. The number of ether oxygens (including phenoxy) is 2. The Balaban J connectivity index is 2.08. The zero-order valence-electron chi connectivity index (χ0n) is 9.92. The van der Waals surface area contributed by atoms with Crippen LogP contribution in [0.4, 0.5) is 0 Å². The van der Waals surface area contributed by atoms with E-state index in [4.69, 9.17) is 14.6 Å². The van der Waals surface area contributed by atoms with E-state index >= 15 is 0 Å². The molecule has 0 radical (unpaired) electrons. The summed E-state index contributed by atoms with van der Waals surface area (Å²) in [5, 5.41) is 38.1. The van der Waals surface area contributed by atoms with E-state index in [2.05, 4.69) is 4.98 Å². The number of thiazole rings is 1. The van der Waals surface area contributed by atoms with Crippen molar-refractivity contribution in [2.45, 2.75) is 30.7 Å². The molecule has 8 nitrogen and oxygen atoms in total. The van der Waals surface area contributed by atoms with E-state index < -0.39 is 37.3 Å². The number of aromatic nitrogens is 1. The summed E-state index contributed by atoms with van der Waals surface area (Å²) in [4.78, 5) is 15.3. The summed E-state index contributed by atoms with van der Waals surface area (Å²) in [5.41, 5.74) is 0. The van der Waals surface area contributed by atoms with E-state index in [0.717, 1.165) is 11.3 Å². The maximum Gasteiger partial charge on any atom is 0.276 e. The molecular weight excluding hydrogens is 405 g/mol. The van der Waals surface area contributed by atoms with Crippen LogP contribution in [0.3, 0.4) is 0 Å². The number of rotatable bonds is 4. The summed E-state index contributed by atoms with van der Waals surface area (Å²) in [6.07, 6.45) is -5.50. The highest BCUT2D eigenvalue weighted by molar-refractivity contribution is 14.1. The van der Waals surface area contributed by atoms with Gasteiger partial charge in [0, 0.05) is 22.6 Å². The van der Waals surface area contributed by atoms with Gasteiger partial charge in [-0.3, -0.25) is 4.79 Å². The number of hydrogen-bond acceptors (Lipinski definition) is 9. The smallest absolute Gasteiger partial charge is 0.276 e. The second-order valence-electron chi connectivity index (χ2n) is 4.08. The molecule has 2 heterocycles. The van der Waals surface area contributed by atoms with Crippen molar-refractivity contribution in [3.05, 3.63) is 11.1 Å². The van der Waals surface area contributed by atoms with Crippen LogP contribution in [0.15, 0.2) is 6.20 Å². The lowest BCUT2D eigenvalue weighted by Gasteiger charge is -2.39. The summed E-state index contributed by atoms with van der Waals surface area (Å²) in [6, 6.07) is 0. The highest BCUT2D eigenvalue weighted by Gasteiger charge is 2.45. The van der Waals surface area contributed by atoms with Gasteiger partial charge in [-0.2, -0.15) is 0 Å². The van der Waals surface area contributed by atoms with Gasteiger partial charge in [0.25, 0.3) is 5.19 Å². The molecule has 112 valence electrons. The van der Waals surface area contributed by atoms with Gasteiger partial charge < -0.3 is 29.9 Å². The van der Waals surface area contributed by atoms with Crippen LogP contribution in [-0.4, -0.2) is 66.5 Å². The van der Waals surface area contributed by atoms with Gasteiger partial charge in [-0.05, 0) is 0 Å². The quantitative estimate of drug-likeness (QED) is 0.359. The second kappa shape index (κ2) is 6.60. The topological polar surface area (TPSA) is 129 Å². The Hall–Kier alpha value is -0.370. The molecule has 5 unspecified atom stereocenters. The maximum absolute atomic E-state index is 11.1. The lowest BCUT2D eigenvalue weighted by molar-refractivity contribution is -0.277. The number of nitrogens with zero attached hydrogens (tertiary/aromatic N) is 1. The Morgan fingerprint density at radius 2 is 2.10 bits per heavy atom. The van der Waals surface area contributed by atoms with Crippen molar-refractivity contribution >= 4 is 37.7 Å². The molecule has 1 aliphatic heterocycles. The monoisotopic (exact) mass is 417 g/mol. The first-order valence-electron chi connectivity index (χ1n) is 5.57. The minimum Gasteiger partial charge on any atom is -0.437 e. The molecule has 0 bridgehead atoms. The van der Waals surface area contributed by atoms with Gasteiger partial charge in [-0.25, -0.2) is 4.98 Å². The molecule has 0 aromatic carbocycles. The van der Waals surface area contributed by atoms with Crippen molar-refractivity contribution in [2.75, 3.05) is 6.61 Å². The molecule has 0 aliphatic carbocycles. The summed E-state index contributed by atoms with van der Waals surface area (Å²) < 4.78 is 10.2. The van der Waals surface area contributed by atoms with E-state index in [0.29, 0.717) is 4.88 Å². The van der Waals surface area contributed by atoms with Gasteiger partial charge in [-0.15, -0.1) is 0 Å². The standard InChI is InChI=1S/C10H12INO7S/c11-8(17)4-1-12-10(20-4)19-9-7(16)6(15)5(14)3(2-13)18-9/h1,3,5-7,9,13-16H,2H2. The molecule has 1 aromatic heterocycles. The molecule has 20 heavy (non-hydrogen) atoms. The lowest BCUT2D eigenvalue weighted by Crippen LogP contribution is -2.60. The molecule has 1 aliphatic rings. The van der Waals surface area contributed by atoms with Crippen molar-refractivity contribution < 1.29 is 34.7 Å². The highest BCUT2D eigenvalue weighted by atomic mass is 127. The molecule has 0 amide bonds. The van der Waals surface area contributed by atoms with Crippen LogP contribution in [0, 0.1) is 0 Å². The van der Waals surface area contributed by atoms with Crippen LogP contribution in [0.25, 0.3) is 0 Å². The predicted molar refractivity (Wildman–Crippen MR) is 74.9 cm³/mol. The first kappa shape index (κ1) is 16.0. The molecule has 1 saturated heterocycles. The molecule has 0 spiro atoms. The molecule has 10 heteroatoms. The van der Waals surface area contributed by atoms with E-state index in [1.807, 2.05) is 0 Å². The third-order valence-corrected chi connectivity index (χ3v) is 4.58. The second-order valence-corrected chi connectivity index (χ2v) is 6.05. The average molecular weight is 417 g/mol. The predicted octanol–water partition coefficient (Wildman–Crippen LogP) is -1.10. The number of carbonyl (C=O) groups is 1. The minimum absolute atomic E-state index is 0.0781. The molecule has 5 atom stereocenters. The first-order valence-corrected chi connectivity index (χ1v) is 7.46. The van der Waals surface area contributed by atoms with E-state index in [-0.39, 0.29) is 8.98 Å². The highest BCUT2D eigenvalue weighted by Crippen LogP contribution is 2.28. The van der Waals surface area contributed by atoms with Crippen LogP contribution >= 0.6 is 33.9 Å². The van der Waals surface area contributed by atoms with Crippen LogP contribution in [-0.2, 0) is 4.74 Å². The largest absolute Gasteiger partial charge is 0.437 e. The number of hydrogen-bond donors (Lipinski definition) is 4. The summed E-state index contributed by atoms with van der Waals surface area (Å²) in [5.74, 6) is 0. The number of carbonyl (C=O) groups excluding carboxylic acids is 1. The van der Waals surface area contributed by atoms with Gasteiger partial charge >= 0.3 is 0 Å². The van der Waals surface area contributed by atoms with Gasteiger partial charge in [0.05, 0.1) is 12.8 Å². The van der Waals surface area contributed by atoms with Gasteiger partial charge in [0.2, 0.25) is 10.1 Å². The van der Waals surface area contributed by atoms with Crippen LogP contribution < -0.4 is 4.74 Å². The Labute approximate surface area is 131 Å². The minimum atomic E-state index is -1.52. The Morgan fingerprint density at radius 3 is 2.65 bits per heavy atom. The third-order valence-electron chi connectivity index (χ3n) is 2.74. The van der Waals surface area contributed by atoms with E-state index in [9.17, 15) is 20.1 Å². The SMILES string of the molecule is O=C(I)c1cnc(OC2OC(CO)C(O)C(O)C2O)s1. The number of aliphatic hydroxyl groups excluding tert-OH is 4. The Bertz CT molecular complexity index is 482. The fourth-order valence-corrected chi connectivity index (χ4v) is 2.76. The zero-order valence-corrected chi connectivity index (χ0v) is 12.9. The van der Waals surface area contributed by atoms with Crippen molar-refractivity contribution in [3.63, 3.8) is 0 Å². The lowest BCUT2D eigenvalue weighted by atomic mass is 9.99. The maximum atomic E-state index is 11.1. The normalized spacial score (nSPS) is 34.0. The van der Waals surface area contributed by atoms with E-state index in [1.54, 1.807) is 22.6 Å². The molecule has 4 N–H and O–H groups in total. The van der Waals surface area contributed by atoms with Crippen molar-refractivity contribution in [1.29, 1.82) is 0 Å². The van der Waals surface area contributed by atoms with Crippen LogP contribution in [0.5, 0.6) is 5.19 Å². The first-order chi connectivity index (χ1) is 9.43. The van der Waals surface area contributed by atoms with Crippen LogP contribution in [0.2, 0.25) is 0 Å². The number of aliphatic hydroxyl groups is 4. The van der Waals surface area contributed by atoms with Crippen molar-refractivity contribution in [3.8, 4) is 5.19 Å². The van der Waals surface area contributed by atoms with E-state index in [1.165, 1.54) is 6.20 Å². The van der Waals surface area contributed by atoms with Gasteiger partial charge in [0.1, 0.15) is 29.3 Å². The average Bonchev–Trinajstić information content (AvgIpc) is 2.88. The fourth-order valence-electron chi connectivity index (χ4n) is 1.67. The fraction of sp³-hybridized carbons (Fsp3) is 0.600. The Kier molecular flexibility index (Phi) is 5.28. The summed E-state index contributed by atoms with van der Waals surface area (Å²) in [7, 11) is 0. The number of halogens is 1. The van der Waals surface area contributed by atoms with Gasteiger partial charge in [-0.1, -0.05) is 11.3 Å². The van der Waals surface area contributed by atoms with Crippen LogP contribution in [0.1, 0.15) is 9.67 Å². The van der Waals surface area contributed by atoms with Crippen molar-refractivity contribution in [2.24, 2.45) is 0 Å². The molecule has 0 saturated carbocycles. The summed E-state index contributed by atoms with van der Waals surface area (Å²) >= 11 is 2.56. The third kappa shape index (κ3) is 3.27. The van der Waals surface area contributed by atoms with Gasteiger partial charge in [0.15, 0.2) is 0 Å².